The Morgan fingerprint density at radius 1 is 0.967 bits per heavy atom. The molecule has 4 aliphatic rings. The second kappa shape index (κ2) is 7.74. The molecular weight excluding hydrogens is 400 g/mol. The van der Waals surface area contributed by atoms with Gasteiger partial charge in [-0.1, -0.05) is 18.6 Å². The molecule has 2 heterocycles. The molecule has 2 aliphatic heterocycles. The highest BCUT2D eigenvalue weighted by molar-refractivity contribution is 7.90. The zero-order valence-corrected chi connectivity index (χ0v) is 18.1. The summed E-state index contributed by atoms with van der Waals surface area (Å²) in [7, 11) is -3.24. The number of sulfone groups is 1. The smallest absolute Gasteiger partial charge is 0.175 e. The molecule has 30 heavy (non-hydrogen) atoms. The van der Waals surface area contributed by atoms with Crippen LogP contribution in [0.25, 0.3) is 0 Å². The van der Waals surface area contributed by atoms with Crippen LogP contribution in [0.3, 0.4) is 0 Å². The van der Waals surface area contributed by atoms with Gasteiger partial charge in [-0.25, -0.2) is 8.42 Å². The number of rotatable bonds is 2. The molecule has 5 rings (SSSR count). The van der Waals surface area contributed by atoms with E-state index in [2.05, 4.69) is 0 Å². The summed E-state index contributed by atoms with van der Waals surface area (Å²) in [6, 6.07) is 7.12. The highest BCUT2D eigenvalue weighted by Gasteiger charge is 2.42. The van der Waals surface area contributed by atoms with Crippen molar-refractivity contribution in [1.82, 2.24) is 0 Å². The van der Waals surface area contributed by atoms with Gasteiger partial charge in [0.05, 0.1) is 17.6 Å². The first-order chi connectivity index (χ1) is 14.4. The van der Waals surface area contributed by atoms with Gasteiger partial charge in [0.15, 0.2) is 15.6 Å². The quantitative estimate of drug-likeness (QED) is 0.663. The van der Waals surface area contributed by atoms with Crippen molar-refractivity contribution >= 4 is 15.6 Å². The molecule has 4 atom stereocenters. The molecule has 160 valence electrons. The van der Waals surface area contributed by atoms with Gasteiger partial charge in [-0.15, -0.1) is 0 Å². The summed E-state index contributed by atoms with van der Waals surface area (Å²) in [5.41, 5.74) is 4.77. The van der Waals surface area contributed by atoms with E-state index in [0.29, 0.717) is 29.9 Å². The molecule has 0 N–H and O–H groups in total. The average molecular weight is 429 g/mol. The summed E-state index contributed by atoms with van der Waals surface area (Å²) >= 11 is 0. The molecule has 0 aromatic heterocycles. The number of hydrogen-bond donors (Lipinski definition) is 0. The van der Waals surface area contributed by atoms with Crippen LogP contribution in [-0.2, 0) is 24.1 Å². The maximum Gasteiger partial charge on any atom is 0.175 e. The molecule has 2 saturated heterocycles. The fourth-order valence-corrected chi connectivity index (χ4v) is 5.94. The lowest BCUT2D eigenvalue weighted by Crippen LogP contribution is -2.26. The van der Waals surface area contributed by atoms with E-state index in [0.717, 1.165) is 44.1 Å². The third-order valence-electron chi connectivity index (χ3n) is 6.94. The predicted octanol–water partition coefficient (Wildman–Crippen LogP) is 4.10. The predicted molar refractivity (Wildman–Crippen MR) is 113 cm³/mol. The van der Waals surface area contributed by atoms with E-state index in [1.165, 1.54) is 23.0 Å². The lowest BCUT2D eigenvalue weighted by atomic mass is 9.71. The fourth-order valence-electron chi connectivity index (χ4n) is 5.31. The minimum Gasteiger partial charge on any atom is -0.367 e. The molecule has 5 nitrogen and oxygen atoms in total. The van der Waals surface area contributed by atoms with Crippen LogP contribution < -0.4 is 0 Å². The van der Waals surface area contributed by atoms with Gasteiger partial charge in [0, 0.05) is 12.7 Å². The number of ether oxygens (including phenoxy) is 2. The van der Waals surface area contributed by atoms with Crippen molar-refractivity contribution in [2.45, 2.75) is 68.2 Å². The van der Waals surface area contributed by atoms with Crippen LogP contribution in [0.2, 0.25) is 0 Å². The molecule has 0 radical (unpaired) electrons. The summed E-state index contributed by atoms with van der Waals surface area (Å²) in [5, 5.41) is 0. The SMILES string of the molecule is CS(=O)(=O)c1ccc([C@H]2OC[C@@H]3O[C@H]3CCCC3CCC4=CC(=O)CCC4=C32)cc1. The lowest BCUT2D eigenvalue weighted by molar-refractivity contribution is -0.114. The Hall–Kier alpha value is -1.76. The molecule has 0 spiro atoms. The van der Waals surface area contributed by atoms with E-state index in [-0.39, 0.29) is 18.0 Å². The second-order valence-electron chi connectivity index (χ2n) is 9.00. The Morgan fingerprint density at radius 3 is 2.53 bits per heavy atom. The maximum absolute atomic E-state index is 12.0. The summed E-state index contributed by atoms with van der Waals surface area (Å²) in [5.74, 6) is 0.650. The molecule has 1 aromatic rings. The minimum absolute atomic E-state index is 0.163. The number of fused-ring (bicyclic) bond motifs is 3. The summed E-state index contributed by atoms with van der Waals surface area (Å²) in [6.07, 6.45) is 9.98. The van der Waals surface area contributed by atoms with Gasteiger partial charge in [0.1, 0.15) is 12.2 Å². The number of carbonyl (C=O) groups is 1. The van der Waals surface area contributed by atoms with Crippen LogP contribution in [0.4, 0.5) is 0 Å². The van der Waals surface area contributed by atoms with Gasteiger partial charge in [0.2, 0.25) is 0 Å². The summed E-state index contributed by atoms with van der Waals surface area (Å²) in [4.78, 5) is 12.3. The Morgan fingerprint density at radius 2 is 1.77 bits per heavy atom. The first-order valence-electron chi connectivity index (χ1n) is 10.9. The van der Waals surface area contributed by atoms with Crippen molar-refractivity contribution in [3.05, 3.63) is 52.6 Å². The van der Waals surface area contributed by atoms with Crippen LogP contribution in [0.15, 0.2) is 52.0 Å². The van der Waals surface area contributed by atoms with Gasteiger partial charge >= 0.3 is 0 Å². The van der Waals surface area contributed by atoms with Gasteiger partial charge in [0.25, 0.3) is 0 Å². The lowest BCUT2D eigenvalue weighted by Gasteiger charge is -2.37. The standard InChI is InChI=1S/C24H28O5S/c1-30(26,27)19-10-7-16(8-11-19)24-23-15(3-2-4-21-22(29-21)14-28-24)5-6-17-13-18(25)9-12-20(17)23/h7-8,10-11,13,15,21-22,24H,2-6,9,12,14H2,1H3/t15?,21-,22-,24+/m0/s1. The van der Waals surface area contributed by atoms with E-state index >= 15 is 0 Å². The number of benzene rings is 1. The molecule has 0 amide bonds. The van der Waals surface area contributed by atoms with Crippen molar-refractivity contribution < 1.29 is 22.7 Å². The topological polar surface area (TPSA) is 73.0 Å². The molecule has 2 aliphatic carbocycles. The zero-order chi connectivity index (χ0) is 20.9. The van der Waals surface area contributed by atoms with Crippen molar-refractivity contribution in [1.29, 1.82) is 0 Å². The van der Waals surface area contributed by atoms with Crippen molar-refractivity contribution in [2.24, 2.45) is 5.92 Å². The number of carbonyl (C=O) groups excluding carboxylic acids is 1. The van der Waals surface area contributed by atoms with E-state index in [1.54, 1.807) is 12.1 Å². The third-order valence-corrected chi connectivity index (χ3v) is 8.07. The summed E-state index contributed by atoms with van der Waals surface area (Å²) < 4.78 is 36.1. The average Bonchev–Trinajstić information content (AvgIpc) is 3.47. The highest BCUT2D eigenvalue weighted by Crippen LogP contribution is 2.48. The van der Waals surface area contributed by atoms with E-state index < -0.39 is 9.84 Å². The van der Waals surface area contributed by atoms with Gasteiger partial charge in [-0.3, -0.25) is 4.79 Å². The Balaban J connectivity index is 1.58. The van der Waals surface area contributed by atoms with Crippen molar-refractivity contribution in [2.75, 3.05) is 12.9 Å². The first kappa shape index (κ1) is 20.2. The number of allylic oxidation sites excluding steroid dienone is 3. The van der Waals surface area contributed by atoms with Gasteiger partial charge in [-0.2, -0.15) is 0 Å². The third kappa shape index (κ3) is 3.93. The molecule has 1 unspecified atom stereocenters. The molecule has 0 bridgehead atoms. The van der Waals surface area contributed by atoms with Crippen LogP contribution in [0.5, 0.6) is 0 Å². The minimum atomic E-state index is -3.24. The van der Waals surface area contributed by atoms with Crippen LogP contribution in [-0.4, -0.2) is 39.3 Å². The van der Waals surface area contributed by atoms with E-state index in [1.807, 2.05) is 18.2 Å². The largest absolute Gasteiger partial charge is 0.367 e. The normalized spacial score (nSPS) is 31.9. The van der Waals surface area contributed by atoms with E-state index in [9.17, 15) is 13.2 Å². The Kier molecular flexibility index (Phi) is 5.20. The first-order valence-corrected chi connectivity index (χ1v) is 12.8. The Bertz CT molecular complexity index is 1020. The highest BCUT2D eigenvalue weighted by atomic mass is 32.2. The fraction of sp³-hybridized carbons (Fsp3) is 0.542. The van der Waals surface area contributed by atoms with Crippen molar-refractivity contribution in [3.63, 3.8) is 0 Å². The maximum atomic E-state index is 12.0. The molecule has 1 aromatic carbocycles. The van der Waals surface area contributed by atoms with Gasteiger partial charge < -0.3 is 9.47 Å². The number of ketones is 1. The molecule has 0 saturated carbocycles. The zero-order valence-electron chi connectivity index (χ0n) is 17.3. The van der Waals surface area contributed by atoms with Crippen LogP contribution >= 0.6 is 0 Å². The Labute approximate surface area is 178 Å². The molecule has 6 heteroatoms. The van der Waals surface area contributed by atoms with E-state index in [4.69, 9.17) is 9.47 Å². The van der Waals surface area contributed by atoms with Crippen LogP contribution in [0.1, 0.15) is 56.6 Å². The molecular formula is C24H28O5S. The second-order valence-corrected chi connectivity index (χ2v) is 11.0. The summed E-state index contributed by atoms with van der Waals surface area (Å²) in [6.45, 7) is 0.546. The van der Waals surface area contributed by atoms with Crippen LogP contribution in [0, 0.1) is 5.92 Å². The number of epoxide rings is 1. The monoisotopic (exact) mass is 428 g/mol. The van der Waals surface area contributed by atoms with Crippen molar-refractivity contribution in [3.8, 4) is 0 Å². The van der Waals surface area contributed by atoms with Gasteiger partial charge in [-0.05, 0) is 78.5 Å². The number of hydrogen-bond acceptors (Lipinski definition) is 5. The molecule has 2 fully saturated rings.